The van der Waals surface area contributed by atoms with Crippen LogP contribution in [0.1, 0.15) is 33.8 Å². The van der Waals surface area contributed by atoms with Gasteiger partial charge in [0, 0.05) is 23.4 Å². The van der Waals surface area contributed by atoms with Crippen molar-refractivity contribution >= 4 is 43.7 Å². The molecule has 0 saturated carbocycles. The van der Waals surface area contributed by atoms with Gasteiger partial charge >= 0.3 is 0 Å². The predicted molar refractivity (Wildman–Crippen MR) is 254 cm³/mol. The summed E-state index contributed by atoms with van der Waals surface area (Å²) < 4.78 is 12.5. The number of hydrogen-bond acceptors (Lipinski definition) is 8. The molecule has 0 bridgehead atoms. The first-order chi connectivity index (χ1) is 31.6. The molecule has 10 aromatic rings. The lowest BCUT2D eigenvalue weighted by molar-refractivity contribution is -0.0720. The molecule has 310 valence electrons. The van der Waals surface area contributed by atoms with Gasteiger partial charge in [0.05, 0.1) is 17.6 Å². The van der Waals surface area contributed by atoms with E-state index >= 15 is 0 Å². The average Bonchev–Trinajstić information content (AvgIpc) is 4.15. The Balaban J connectivity index is 1.29. The lowest BCUT2D eigenvalue weighted by Crippen LogP contribution is -2.73. The highest BCUT2D eigenvalue weighted by Gasteiger charge is 2.70. The summed E-state index contributed by atoms with van der Waals surface area (Å²) in [5, 5.41) is 16.0. The molecule has 0 amide bonds. The number of oxazole rings is 1. The van der Waals surface area contributed by atoms with Gasteiger partial charge in [-0.05, 0) is 63.8 Å². The van der Waals surface area contributed by atoms with Crippen LogP contribution in [0.3, 0.4) is 0 Å². The number of benzene rings is 8. The van der Waals surface area contributed by atoms with Gasteiger partial charge in [-0.2, -0.15) is 0 Å². The molecule has 1 N–H and O–H groups in total. The quantitative estimate of drug-likeness (QED) is 0.152. The van der Waals surface area contributed by atoms with Crippen molar-refractivity contribution in [2.24, 2.45) is 0 Å². The van der Waals surface area contributed by atoms with Gasteiger partial charge < -0.3 is 19.2 Å². The Bertz CT molecular complexity index is 3290. The van der Waals surface area contributed by atoms with Crippen molar-refractivity contribution in [2.45, 2.75) is 23.4 Å². The van der Waals surface area contributed by atoms with Gasteiger partial charge in [0.15, 0.2) is 11.3 Å². The molecular weight excluding hydrogens is 789 g/mol. The van der Waals surface area contributed by atoms with E-state index in [1.807, 2.05) is 6.07 Å². The highest BCUT2D eigenvalue weighted by Crippen LogP contribution is 2.61. The van der Waals surface area contributed by atoms with Crippen LogP contribution in [0, 0.1) is 0 Å². The standard InChI is InChI=1S/C56H44N6O2/c1-60-54(38-39-18-6-3-7-19-39)52(58-55(60,50-34-36-64-59-50)48-30-17-29-46-44-27-14-12-21-41(44)32-33-47(46)48)51(53-57-35-37-63-53)62(49-31-16-22-40-20-13-15-28-45(40)49)56(61(54)2,42-23-8-4-9-24-42)43-25-10-5-11-26-43/h3-37,58H,38H2,1-2H3. The molecule has 8 nitrogen and oxygen atoms in total. The van der Waals surface area contributed by atoms with E-state index in [1.54, 1.807) is 18.7 Å². The van der Waals surface area contributed by atoms with Gasteiger partial charge in [-0.15, -0.1) is 0 Å². The number of hydrogen-bond donors (Lipinski definition) is 1. The van der Waals surface area contributed by atoms with E-state index in [1.165, 1.54) is 10.8 Å². The summed E-state index contributed by atoms with van der Waals surface area (Å²) in [5.41, 5.74) is 4.59. The fourth-order valence-corrected chi connectivity index (χ4v) is 11.1. The van der Waals surface area contributed by atoms with E-state index in [0.29, 0.717) is 18.0 Å². The van der Waals surface area contributed by atoms with E-state index < -0.39 is 17.0 Å². The number of aromatic nitrogens is 2. The summed E-state index contributed by atoms with van der Waals surface area (Å²) >= 11 is 0. The minimum absolute atomic E-state index is 0.477. The summed E-state index contributed by atoms with van der Waals surface area (Å²) in [4.78, 5) is 12.6. The molecule has 2 aliphatic rings. The van der Waals surface area contributed by atoms with Crippen LogP contribution in [-0.2, 0) is 17.7 Å². The highest BCUT2D eigenvalue weighted by molar-refractivity contribution is 6.09. The molecule has 0 spiro atoms. The molecule has 12 rings (SSSR count). The van der Waals surface area contributed by atoms with Crippen molar-refractivity contribution in [1.29, 1.82) is 0 Å². The number of nitrogens with zero attached hydrogens (tertiary/aromatic N) is 5. The van der Waals surface area contributed by atoms with Crippen LogP contribution in [0.5, 0.6) is 0 Å². The van der Waals surface area contributed by atoms with Crippen LogP contribution in [0.4, 0.5) is 5.69 Å². The maximum Gasteiger partial charge on any atom is 0.245 e. The zero-order chi connectivity index (χ0) is 42.9. The molecular formula is C56H44N6O2. The first kappa shape index (κ1) is 37.9. The van der Waals surface area contributed by atoms with Crippen LogP contribution in [-0.4, -0.2) is 39.7 Å². The smallest absolute Gasteiger partial charge is 0.245 e. The maximum absolute atomic E-state index is 6.64. The third-order valence-electron chi connectivity index (χ3n) is 13.9. The monoisotopic (exact) mass is 832 g/mol. The van der Waals surface area contributed by atoms with Gasteiger partial charge in [-0.1, -0.05) is 187 Å². The molecule has 0 radical (unpaired) electrons. The highest BCUT2D eigenvalue weighted by atomic mass is 16.5. The van der Waals surface area contributed by atoms with E-state index in [0.717, 1.165) is 60.9 Å². The fraction of sp³-hybridized carbons (Fsp3) is 0.107. The molecule has 2 aromatic heterocycles. The number of likely N-dealkylation sites (N-methyl/N-ethyl adjacent to an activating group) is 2. The number of nitrogens with one attached hydrogen (secondary N) is 1. The van der Waals surface area contributed by atoms with Crippen LogP contribution < -0.4 is 10.2 Å². The Morgan fingerprint density at radius 3 is 1.86 bits per heavy atom. The SMILES string of the molecule is CN1C(c2ccon2)(c2cccc3c2ccc2ccccc23)NC2=C(c3ncco3)N(c3cccc4ccccc34)C(c3ccccc3)(c3ccccc3)N(C)C21Cc1ccccc1. The maximum atomic E-state index is 6.64. The summed E-state index contributed by atoms with van der Waals surface area (Å²) in [6.45, 7) is 0. The van der Waals surface area contributed by atoms with Gasteiger partial charge in [-0.3, -0.25) is 9.80 Å². The summed E-state index contributed by atoms with van der Waals surface area (Å²) in [7, 11) is 4.51. The number of fused-ring (bicyclic) bond motifs is 5. The van der Waals surface area contributed by atoms with E-state index in [-0.39, 0.29) is 0 Å². The third-order valence-corrected chi connectivity index (χ3v) is 13.9. The van der Waals surface area contributed by atoms with Crippen molar-refractivity contribution in [2.75, 3.05) is 19.0 Å². The molecule has 0 aliphatic carbocycles. The Morgan fingerprint density at radius 1 is 0.547 bits per heavy atom. The lowest BCUT2D eigenvalue weighted by atomic mass is 9.78. The van der Waals surface area contributed by atoms with Crippen LogP contribution in [0.15, 0.2) is 227 Å². The van der Waals surface area contributed by atoms with E-state index in [2.05, 4.69) is 222 Å². The average molecular weight is 833 g/mol. The van der Waals surface area contributed by atoms with Crippen molar-refractivity contribution in [3.8, 4) is 0 Å². The minimum Gasteiger partial charge on any atom is -0.443 e. The predicted octanol–water partition coefficient (Wildman–Crippen LogP) is 11.5. The van der Waals surface area contributed by atoms with E-state index in [9.17, 15) is 0 Å². The number of anilines is 1. The Labute approximate surface area is 371 Å². The molecule has 2 unspecified atom stereocenters. The Hall–Kier alpha value is -7.78. The molecule has 1 saturated heterocycles. The van der Waals surface area contributed by atoms with Crippen LogP contribution >= 0.6 is 0 Å². The summed E-state index contributed by atoms with van der Waals surface area (Å²) in [6.07, 6.45) is 5.65. The topological polar surface area (TPSA) is 73.8 Å². The molecule has 2 atom stereocenters. The molecule has 64 heavy (non-hydrogen) atoms. The zero-order valence-electron chi connectivity index (χ0n) is 35.5. The second kappa shape index (κ2) is 14.7. The van der Waals surface area contributed by atoms with Gasteiger partial charge in [0.1, 0.15) is 29.6 Å². The largest absolute Gasteiger partial charge is 0.443 e. The van der Waals surface area contributed by atoms with Crippen molar-refractivity contribution in [1.82, 2.24) is 25.3 Å². The van der Waals surface area contributed by atoms with Gasteiger partial charge in [0.2, 0.25) is 5.89 Å². The summed E-state index contributed by atoms with van der Waals surface area (Å²) in [6, 6.07) is 69.4. The zero-order valence-corrected chi connectivity index (χ0v) is 35.5. The molecule has 8 aromatic carbocycles. The first-order valence-corrected chi connectivity index (χ1v) is 21.7. The van der Waals surface area contributed by atoms with E-state index in [4.69, 9.17) is 19.1 Å². The second-order valence-electron chi connectivity index (χ2n) is 16.8. The Morgan fingerprint density at radius 2 is 1.17 bits per heavy atom. The van der Waals surface area contributed by atoms with Crippen molar-refractivity contribution in [3.63, 3.8) is 0 Å². The van der Waals surface area contributed by atoms with Crippen molar-refractivity contribution in [3.05, 3.63) is 252 Å². The molecule has 1 fully saturated rings. The van der Waals surface area contributed by atoms with Gasteiger partial charge in [0.25, 0.3) is 0 Å². The molecule has 8 heteroatoms. The van der Waals surface area contributed by atoms with Gasteiger partial charge in [-0.25, -0.2) is 4.98 Å². The lowest BCUT2D eigenvalue weighted by Gasteiger charge is -2.62. The fourth-order valence-electron chi connectivity index (χ4n) is 11.1. The normalized spacial score (nSPS) is 19.9. The summed E-state index contributed by atoms with van der Waals surface area (Å²) in [5.74, 6) is 0.477. The number of rotatable bonds is 8. The van der Waals surface area contributed by atoms with Crippen molar-refractivity contribution < 1.29 is 8.94 Å². The molecule has 4 heterocycles. The van der Waals surface area contributed by atoms with Crippen LogP contribution in [0.2, 0.25) is 0 Å². The Kier molecular flexibility index (Phi) is 8.69. The second-order valence-corrected chi connectivity index (χ2v) is 16.8. The third kappa shape index (κ3) is 5.24. The minimum atomic E-state index is -1.11. The van der Waals surface area contributed by atoms with Crippen LogP contribution in [0.25, 0.3) is 38.0 Å². The first-order valence-electron chi connectivity index (χ1n) is 21.7. The molecule has 2 aliphatic heterocycles.